The van der Waals surface area contributed by atoms with Crippen LogP contribution in [0.25, 0.3) is 0 Å². The van der Waals surface area contributed by atoms with Crippen LogP contribution >= 0.6 is 0 Å². The van der Waals surface area contributed by atoms with E-state index in [1.165, 1.54) is 22.9 Å². The first-order valence-electron chi connectivity index (χ1n) is 5.59. The molecule has 1 radical (unpaired) electrons. The first-order chi connectivity index (χ1) is 7.86. The maximum Gasteiger partial charge on any atom is 0.0967 e. The molecular formula is C15H14N. The first-order valence-corrected chi connectivity index (χ1v) is 5.59. The summed E-state index contributed by atoms with van der Waals surface area (Å²) in [6, 6.07) is 20.6. The summed E-state index contributed by atoms with van der Waals surface area (Å²) in [7, 11) is 2.15. The zero-order chi connectivity index (χ0) is 11.0. The molecule has 0 unspecified atom stereocenters. The fourth-order valence-corrected chi connectivity index (χ4v) is 2.36. The molecule has 2 aromatic carbocycles. The molecule has 0 spiro atoms. The van der Waals surface area contributed by atoms with Crippen LogP contribution in [0.15, 0.2) is 54.6 Å². The van der Waals surface area contributed by atoms with E-state index in [2.05, 4.69) is 66.5 Å². The van der Waals surface area contributed by atoms with Crippen molar-refractivity contribution < 1.29 is 0 Å². The number of rotatable bonds is 1. The maximum absolute atomic E-state index is 2.30. The minimum Gasteiger partial charge on any atom is -0.362 e. The lowest BCUT2D eigenvalue weighted by Gasteiger charge is -2.21. The molecule has 0 saturated heterocycles. The van der Waals surface area contributed by atoms with Crippen molar-refractivity contribution in [3.05, 3.63) is 71.8 Å². The van der Waals surface area contributed by atoms with Crippen LogP contribution in [0, 0.1) is 6.04 Å². The molecule has 1 aliphatic heterocycles. The average Bonchev–Trinajstić information content (AvgIpc) is 2.69. The molecule has 0 N–H and O–H groups in total. The van der Waals surface area contributed by atoms with Crippen LogP contribution in [0.1, 0.15) is 11.1 Å². The summed E-state index contributed by atoms with van der Waals surface area (Å²) in [4.78, 5) is 2.30. The van der Waals surface area contributed by atoms with Crippen LogP contribution in [0.4, 0.5) is 5.69 Å². The van der Waals surface area contributed by atoms with Gasteiger partial charge in [-0.05, 0) is 17.2 Å². The van der Waals surface area contributed by atoms with Gasteiger partial charge in [-0.2, -0.15) is 0 Å². The number of anilines is 1. The van der Waals surface area contributed by atoms with Crippen LogP contribution in [-0.2, 0) is 6.42 Å². The van der Waals surface area contributed by atoms with Crippen molar-refractivity contribution in [3.63, 3.8) is 0 Å². The maximum atomic E-state index is 2.30. The van der Waals surface area contributed by atoms with E-state index in [0.717, 1.165) is 6.42 Å². The fourth-order valence-electron chi connectivity index (χ4n) is 2.36. The standard InChI is InChI=1S/C15H14N/c1-16-14-10-6-5-9-13(14)11-15(16)12-7-3-2-4-8-12/h2-10H,11H2,1H3. The molecule has 0 aromatic heterocycles. The van der Waals surface area contributed by atoms with Crippen LogP contribution in [0.5, 0.6) is 0 Å². The van der Waals surface area contributed by atoms with Gasteiger partial charge in [0.05, 0.1) is 6.04 Å². The molecule has 0 atom stereocenters. The summed E-state index contributed by atoms with van der Waals surface area (Å²) in [5, 5.41) is 0. The van der Waals surface area contributed by atoms with Gasteiger partial charge in [0.1, 0.15) is 0 Å². The quantitative estimate of drug-likeness (QED) is 0.695. The molecule has 1 heterocycles. The van der Waals surface area contributed by atoms with Gasteiger partial charge in [0.25, 0.3) is 0 Å². The zero-order valence-electron chi connectivity index (χ0n) is 9.35. The molecule has 0 aliphatic carbocycles. The number of hydrogen-bond donors (Lipinski definition) is 0. The number of hydrogen-bond acceptors (Lipinski definition) is 1. The number of nitrogens with zero attached hydrogens (tertiary/aromatic N) is 1. The molecule has 0 bridgehead atoms. The van der Waals surface area contributed by atoms with Crippen LogP contribution < -0.4 is 4.90 Å². The van der Waals surface area contributed by atoms with Gasteiger partial charge in [-0.15, -0.1) is 0 Å². The second-order valence-electron chi connectivity index (χ2n) is 4.18. The van der Waals surface area contributed by atoms with Crippen molar-refractivity contribution in [1.82, 2.24) is 0 Å². The number of fused-ring (bicyclic) bond motifs is 1. The Morgan fingerprint density at radius 2 is 1.56 bits per heavy atom. The Morgan fingerprint density at radius 3 is 2.31 bits per heavy atom. The number of likely N-dealkylation sites (N-methyl/N-ethyl adjacent to an activating group) is 1. The van der Waals surface area contributed by atoms with Gasteiger partial charge in [-0.3, -0.25) is 0 Å². The Hall–Kier alpha value is -1.76. The highest BCUT2D eigenvalue weighted by atomic mass is 15.2. The highest BCUT2D eigenvalue weighted by molar-refractivity contribution is 5.66. The van der Waals surface area contributed by atoms with Crippen LogP contribution in [0.3, 0.4) is 0 Å². The lowest BCUT2D eigenvalue weighted by Crippen LogP contribution is -2.20. The highest BCUT2D eigenvalue weighted by Gasteiger charge is 2.27. The SMILES string of the molecule is CN1[C](c2ccccc2)Cc2ccccc21. The largest absolute Gasteiger partial charge is 0.362 e. The van der Waals surface area contributed by atoms with Crippen molar-refractivity contribution in [1.29, 1.82) is 0 Å². The summed E-state index contributed by atoms with van der Waals surface area (Å²) < 4.78 is 0. The van der Waals surface area contributed by atoms with Gasteiger partial charge in [-0.25, -0.2) is 0 Å². The lowest BCUT2D eigenvalue weighted by molar-refractivity contribution is 0.945. The monoisotopic (exact) mass is 208 g/mol. The highest BCUT2D eigenvalue weighted by Crippen LogP contribution is 2.37. The molecule has 1 aliphatic rings. The average molecular weight is 208 g/mol. The van der Waals surface area contributed by atoms with Crippen LogP contribution in [0.2, 0.25) is 0 Å². The van der Waals surface area contributed by atoms with Crippen LogP contribution in [-0.4, -0.2) is 7.05 Å². The Balaban J connectivity index is 1.99. The number of para-hydroxylation sites is 1. The molecule has 1 heteroatoms. The molecule has 0 amide bonds. The van der Waals surface area contributed by atoms with Crippen molar-refractivity contribution in [2.75, 3.05) is 11.9 Å². The molecule has 3 rings (SSSR count). The first kappa shape index (κ1) is 9.46. The second kappa shape index (κ2) is 3.67. The van der Waals surface area contributed by atoms with Gasteiger partial charge >= 0.3 is 0 Å². The fraction of sp³-hybridized carbons (Fsp3) is 0.133. The lowest BCUT2D eigenvalue weighted by atomic mass is 10.0. The Kier molecular flexibility index (Phi) is 2.17. The summed E-state index contributed by atoms with van der Waals surface area (Å²) in [5.41, 5.74) is 4.08. The zero-order valence-corrected chi connectivity index (χ0v) is 9.35. The summed E-state index contributed by atoms with van der Waals surface area (Å²) in [5.74, 6) is 0. The van der Waals surface area contributed by atoms with Crippen molar-refractivity contribution >= 4 is 5.69 Å². The molecule has 0 fully saturated rings. The van der Waals surface area contributed by atoms with E-state index < -0.39 is 0 Å². The van der Waals surface area contributed by atoms with E-state index in [4.69, 9.17) is 0 Å². The normalized spacial score (nSPS) is 15.2. The van der Waals surface area contributed by atoms with E-state index in [1.54, 1.807) is 0 Å². The van der Waals surface area contributed by atoms with E-state index >= 15 is 0 Å². The summed E-state index contributed by atoms with van der Waals surface area (Å²) in [6.07, 6.45) is 1.04. The van der Waals surface area contributed by atoms with Gasteiger partial charge in [0, 0.05) is 19.2 Å². The summed E-state index contributed by atoms with van der Waals surface area (Å²) >= 11 is 0. The topological polar surface area (TPSA) is 3.24 Å². The molecule has 16 heavy (non-hydrogen) atoms. The van der Waals surface area contributed by atoms with E-state index in [-0.39, 0.29) is 0 Å². The van der Waals surface area contributed by atoms with Gasteiger partial charge in [-0.1, -0.05) is 48.5 Å². The number of benzene rings is 2. The van der Waals surface area contributed by atoms with E-state index in [9.17, 15) is 0 Å². The minimum atomic E-state index is 1.04. The van der Waals surface area contributed by atoms with Crippen molar-refractivity contribution in [3.8, 4) is 0 Å². The minimum absolute atomic E-state index is 1.04. The second-order valence-corrected chi connectivity index (χ2v) is 4.18. The molecule has 0 saturated carbocycles. The van der Waals surface area contributed by atoms with Gasteiger partial charge < -0.3 is 4.90 Å². The third kappa shape index (κ3) is 1.40. The van der Waals surface area contributed by atoms with E-state index in [1.807, 2.05) is 0 Å². The van der Waals surface area contributed by atoms with Gasteiger partial charge in [0.2, 0.25) is 0 Å². The third-order valence-electron chi connectivity index (χ3n) is 3.22. The Labute approximate surface area is 96.3 Å². The Bertz CT molecular complexity index is 490. The van der Waals surface area contributed by atoms with E-state index in [0.29, 0.717) is 0 Å². The predicted molar refractivity (Wildman–Crippen MR) is 67.3 cm³/mol. The smallest absolute Gasteiger partial charge is 0.0967 e. The molecule has 1 nitrogen and oxygen atoms in total. The van der Waals surface area contributed by atoms with Crippen molar-refractivity contribution in [2.45, 2.75) is 6.42 Å². The predicted octanol–water partition coefficient (Wildman–Crippen LogP) is 3.26. The Morgan fingerprint density at radius 1 is 0.875 bits per heavy atom. The summed E-state index contributed by atoms with van der Waals surface area (Å²) in [6.45, 7) is 0. The van der Waals surface area contributed by atoms with Crippen molar-refractivity contribution in [2.24, 2.45) is 0 Å². The molecule has 2 aromatic rings. The van der Waals surface area contributed by atoms with Gasteiger partial charge in [0.15, 0.2) is 0 Å². The third-order valence-corrected chi connectivity index (χ3v) is 3.22. The molecular weight excluding hydrogens is 194 g/mol. The molecule has 79 valence electrons.